The maximum atomic E-state index is 5.72. The fourth-order valence-corrected chi connectivity index (χ4v) is 5.30. The number of benzene rings is 2. The van der Waals surface area contributed by atoms with Gasteiger partial charge in [0.25, 0.3) is 0 Å². The average Bonchev–Trinajstić information content (AvgIpc) is 2.93. The van der Waals surface area contributed by atoms with Gasteiger partial charge >= 0.3 is 27.0 Å². The Labute approximate surface area is 188 Å². The molecule has 2 aromatic rings. The van der Waals surface area contributed by atoms with Crippen molar-refractivity contribution in [2.45, 2.75) is 34.6 Å². The molecule has 2 N–H and O–H groups in total. The van der Waals surface area contributed by atoms with E-state index in [0.29, 0.717) is 0 Å². The number of hydrogen-bond donors (Lipinski definition) is 1. The number of nitrogens with two attached hydrogens (primary N) is 1. The minimum absolute atomic E-state index is 0.276. The molecular formula is C24H31ClNPRu+. The molecule has 28 heavy (non-hydrogen) atoms. The van der Waals surface area contributed by atoms with Crippen LogP contribution in [0, 0.1) is 29.6 Å². The number of rotatable bonds is 4. The van der Waals surface area contributed by atoms with E-state index < -0.39 is 0 Å². The first-order valence-corrected chi connectivity index (χ1v) is 13.1. The van der Waals surface area contributed by atoms with Crippen molar-refractivity contribution in [3.05, 3.63) is 90.3 Å². The molecule has 0 bridgehead atoms. The van der Waals surface area contributed by atoms with Gasteiger partial charge in [0.2, 0.25) is 0 Å². The molecule has 151 valence electrons. The molecule has 3 rings (SSSR count). The van der Waals surface area contributed by atoms with Crippen LogP contribution in [0.1, 0.15) is 34.6 Å². The van der Waals surface area contributed by atoms with Crippen LogP contribution in [-0.2, 0) is 17.3 Å². The molecule has 1 aliphatic carbocycles. The van der Waals surface area contributed by atoms with Crippen LogP contribution in [0.25, 0.3) is 0 Å². The second-order valence-electron chi connectivity index (χ2n) is 6.74. The minimum atomic E-state index is -0.276. The summed E-state index contributed by atoms with van der Waals surface area (Å²) in [6.07, 6.45) is 1.06. The molecule has 1 fully saturated rings. The quantitative estimate of drug-likeness (QED) is 0.420. The zero-order valence-electron chi connectivity index (χ0n) is 17.4. The molecule has 0 amide bonds. The standard InChI is InChI=1S/C14H16NP.C10H15.ClH.Ru/c15-11-12-16(13-7-3-1-4-8-13)14-9-5-2-6-10-14;1-6-7(2)9(4)10(5)8(6)3;;/h1-10H,11-12,15H2;1-5H3;1H;/q;;;+2/p-1. The van der Waals surface area contributed by atoms with E-state index in [9.17, 15) is 0 Å². The van der Waals surface area contributed by atoms with Crippen LogP contribution < -0.4 is 16.3 Å². The van der Waals surface area contributed by atoms with Crippen molar-refractivity contribution >= 4 is 28.2 Å². The first-order valence-electron chi connectivity index (χ1n) is 9.38. The number of hydrogen-bond acceptors (Lipinski definition) is 1. The summed E-state index contributed by atoms with van der Waals surface area (Å²) in [6, 6.07) is 21.3. The summed E-state index contributed by atoms with van der Waals surface area (Å²) in [7, 11) is 4.29. The fraction of sp³-hybridized carbons (Fsp3) is 0.292. The van der Waals surface area contributed by atoms with E-state index in [1.165, 1.54) is 40.2 Å². The fourth-order valence-electron chi connectivity index (χ4n) is 3.16. The zero-order valence-corrected chi connectivity index (χ0v) is 20.8. The monoisotopic (exact) mass is 501 g/mol. The Kier molecular flexibility index (Phi) is 12.8. The summed E-state index contributed by atoms with van der Waals surface area (Å²) in [4.78, 5) is 0. The van der Waals surface area contributed by atoms with Crippen molar-refractivity contribution in [2.24, 2.45) is 5.73 Å². The summed E-state index contributed by atoms with van der Waals surface area (Å²) in [6.45, 7) is 11.7. The predicted molar refractivity (Wildman–Crippen MR) is 123 cm³/mol. The first-order chi connectivity index (χ1) is 13.5. The van der Waals surface area contributed by atoms with Gasteiger partial charge in [0.1, 0.15) is 0 Å². The zero-order chi connectivity index (χ0) is 21.1. The van der Waals surface area contributed by atoms with Crippen molar-refractivity contribution in [3.63, 3.8) is 0 Å². The van der Waals surface area contributed by atoms with Crippen LogP contribution in [0.3, 0.4) is 0 Å². The molecule has 0 spiro atoms. The Balaban J connectivity index is 0.000000281. The molecule has 0 atom stereocenters. The maximum absolute atomic E-state index is 5.72. The van der Waals surface area contributed by atoms with E-state index >= 15 is 0 Å². The molecule has 1 nitrogen and oxygen atoms in total. The molecule has 2 aromatic carbocycles. The van der Waals surface area contributed by atoms with Crippen molar-refractivity contribution in [2.75, 3.05) is 12.7 Å². The number of halogens is 1. The van der Waals surface area contributed by atoms with E-state index in [2.05, 4.69) is 105 Å². The Morgan fingerprint density at radius 2 is 0.929 bits per heavy atom. The van der Waals surface area contributed by atoms with Crippen molar-refractivity contribution in [1.82, 2.24) is 0 Å². The Morgan fingerprint density at radius 3 is 1.18 bits per heavy atom. The van der Waals surface area contributed by atoms with Gasteiger partial charge < -0.3 is 5.73 Å². The van der Waals surface area contributed by atoms with E-state index in [1.54, 1.807) is 0 Å². The van der Waals surface area contributed by atoms with Gasteiger partial charge in [0.15, 0.2) is 0 Å². The van der Waals surface area contributed by atoms with Gasteiger partial charge in [-0.15, -0.1) is 0 Å². The van der Waals surface area contributed by atoms with Gasteiger partial charge in [-0.3, -0.25) is 0 Å². The third kappa shape index (κ3) is 7.21. The van der Waals surface area contributed by atoms with Gasteiger partial charge in [-0.25, -0.2) is 0 Å². The Morgan fingerprint density at radius 1 is 0.643 bits per heavy atom. The molecule has 0 unspecified atom stereocenters. The van der Waals surface area contributed by atoms with Gasteiger partial charge in [0.05, 0.1) is 0 Å². The van der Waals surface area contributed by atoms with Crippen LogP contribution in [0.5, 0.6) is 0 Å². The topological polar surface area (TPSA) is 26.0 Å². The summed E-state index contributed by atoms with van der Waals surface area (Å²) in [5.41, 5.74) is 5.72. The van der Waals surface area contributed by atoms with Crippen LogP contribution in [-0.4, -0.2) is 12.7 Å². The molecule has 0 aromatic heterocycles. The Bertz CT molecular complexity index is 555. The molecule has 0 saturated heterocycles. The third-order valence-corrected chi connectivity index (χ3v) is 7.85. The normalized spacial score (nSPS) is 16.5. The van der Waals surface area contributed by atoms with E-state index in [4.69, 9.17) is 5.73 Å². The second kappa shape index (κ2) is 13.9. The summed E-state index contributed by atoms with van der Waals surface area (Å²) in [5, 5.41) is 2.82. The summed E-state index contributed by atoms with van der Waals surface area (Å²) >= 11 is 1.82. The molecule has 0 aliphatic heterocycles. The van der Waals surface area contributed by atoms with Crippen LogP contribution in [0.4, 0.5) is 0 Å². The SMILES string of the molecule is C[C]1[C](C)[C](C)[C](C)[C]1C.NCCP(c1ccccc1)c1ccccc1.[Cl][Ru+]. The van der Waals surface area contributed by atoms with Crippen LogP contribution in [0.15, 0.2) is 60.7 Å². The molecule has 1 aliphatic rings. The molecule has 4 heteroatoms. The summed E-state index contributed by atoms with van der Waals surface area (Å²) in [5.74, 6) is 7.34. The van der Waals surface area contributed by atoms with Crippen LogP contribution >= 0.6 is 17.6 Å². The van der Waals surface area contributed by atoms with E-state index in [1.807, 2.05) is 17.3 Å². The van der Waals surface area contributed by atoms with Gasteiger partial charge in [0, 0.05) is 0 Å². The first kappa shape index (κ1) is 25.8. The van der Waals surface area contributed by atoms with Gasteiger partial charge in [-0.05, 0) is 60.8 Å². The molecular weight excluding hydrogens is 470 g/mol. The van der Waals surface area contributed by atoms with Crippen molar-refractivity contribution < 1.29 is 17.3 Å². The van der Waals surface area contributed by atoms with Crippen molar-refractivity contribution in [1.29, 1.82) is 0 Å². The van der Waals surface area contributed by atoms with Gasteiger partial charge in [-0.1, -0.05) is 95.3 Å². The summed E-state index contributed by atoms with van der Waals surface area (Å²) < 4.78 is 0. The van der Waals surface area contributed by atoms with Crippen LogP contribution in [0.2, 0.25) is 0 Å². The van der Waals surface area contributed by atoms with E-state index in [0.717, 1.165) is 12.7 Å². The molecule has 1 saturated carbocycles. The third-order valence-electron chi connectivity index (χ3n) is 5.30. The predicted octanol–water partition coefficient (Wildman–Crippen LogP) is 5.74. The van der Waals surface area contributed by atoms with E-state index in [-0.39, 0.29) is 7.92 Å². The second-order valence-corrected chi connectivity index (χ2v) is 9.07. The van der Waals surface area contributed by atoms with Crippen molar-refractivity contribution in [3.8, 4) is 0 Å². The average molecular weight is 501 g/mol. The molecule has 0 heterocycles. The Hall–Kier alpha value is -0.257. The van der Waals surface area contributed by atoms with Gasteiger partial charge in [-0.2, -0.15) is 0 Å². The molecule has 5 radical (unpaired) electrons.